The molecule has 3 rings (SSSR count). The van der Waals surface area contributed by atoms with Crippen LogP contribution < -0.4 is 0 Å². The fraction of sp³-hybridized carbons (Fsp3) is 0.476. The van der Waals surface area contributed by atoms with Crippen molar-refractivity contribution >= 4 is 34.9 Å². The Labute approximate surface area is 181 Å². The van der Waals surface area contributed by atoms with Gasteiger partial charge in [-0.25, -0.2) is 4.79 Å². The van der Waals surface area contributed by atoms with Gasteiger partial charge in [0.2, 0.25) is 0 Å². The molecule has 6 nitrogen and oxygen atoms in total. The first-order valence-corrected chi connectivity index (χ1v) is 10.6. The molecule has 0 bridgehead atoms. The van der Waals surface area contributed by atoms with E-state index in [9.17, 15) is 9.90 Å². The molecule has 8 heteroatoms. The second kappa shape index (κ2) is 8.76. The van der Waals surface area contributed by atoms with Crippen LogP contribution >= 0.6 is 23.2 Å². The van der Waals surface area contributed by atoms with Gasteiger partial charge >= 0.3 is 6.09 Å². The van der Waals surface area contributed by atoms with E-state index in [0.717, 1.165) is 53.3 Å². The van der Waals surface area contributed by atoms with Crippen LogP contribution in [0, 0.1) is 0 Å². The SMILES string of the molecule is C=C(C)c1cc(Cl)c(Cl)c(C2Cc3nnc(CC)n3C2)c1CCN(CC)C(=O)O. The Kier molecular flexibility index (Phi) is 6.54. The average molecular weight is 437 g/mol. The zero-order chi connectivity index (χ0) is 21.3. The highest BCUT2D eigenvalue weighted by Gasteiger charge is 2.31. The number of halogens is 2. The lowest BCUT2D eigenvalue weighted by molar-refractivity contribution is 0.148. The van der Waals surface area contributed by atoms with Gasteiger partial charge in [-0.3, -0.25) is 0 Å². The van der Waals surface area contributed by atoms with Gasteiger partial charge in [-0.05, 0) is 43.0 Å². The maximum atomic E-state index is 11.5. The summed E-state index contributed by atoms with van der Waals surface area (Å²) >= 11 is 13.2. The Hall–Kier alpha value is -2.05. The van der Waals surface area contributed by atoms with E-state index in [1.165, 1.54) is 4.90 Å². The van der Waals surface area contributed by atoms with Crippen LogP contribution in [0.15, 0.2) is 12.6 Å². The van der Waals surface area contributed by atoms with E-state index in [1.54, 1.807) is 0 Å². The molecule has 2 heterocycles. The van der Waals surface area contributed by atoms with Crippen LogP contribution in [0.1, 0.15) is 55.0 Å². The maximum Gasteiger partial charge on any atom is 0.407 e. The van der Waals surface area contributed by atoms with Crippen molar-refractivity contribution in [3.8, 4) is 0 Å². The number of benzene rings is 1. The quantitative estimate of drug-likeness (QED) is 0.657. The van der Waals surface area contributed by atoms with E-state index < -0.39 is 6.09 Å². The maximum absolute atomic E-state index is 11.5. The molecule has 1 aliphatic rings. The molecular formula is C21H26Cl2N4O2. The Morgan fingerprint density at radius 2 is 2.10 bits per heavy atom. The molecule has 1 atom stereocenters. The summed E-state index contributed by atoms with van der Waals surface area (Å²) in [5.74, 6) is 2.03. The molecule has 1 unspecified atom stereocenters. The van der Waals surface area contributed by atoms with Crippen molar-refractivity contribution < 1.29 is 9.90 Å². The number of amides is 1. The predicted octanol–water partition coefficient (Wildman–Crippen LogP) is 5.06. The summed E-state index contributed by atoms with van der Waals surface area (Å²) in [4.78, 5) is 12.9. The summed E-state index contributed by atoms with van der Waals surface area (Å²) in [5.41, 5.74) is 3.82. The number of allylic oxidation sites excluding steroid dienone is 1. The molecule has 1 aliphatic heterocycles. The zero-order valence-corrected chi connectivity index (χ0v) is 18.5. The Morgan fingerprint density at radius 1 is 1.38 bits per heavy atom. The van der Waals surface area contributed by atoms with Crippen molar-refractivity contribution in [3.05, 3.63) is 51.0 Å². The summed E-state index contributed by atoms with van der Waals surface area (Å²) in [6.45, 7) is 11.5. The van der Waals surface area contributed by atoms with E-state index in [2.05, 4.69) is 28.3 Å². The Morgan fingerprint density at radius 3 is 2.69 bits per heavy atom. The van der Waals surface area contributed by atoms with E-state index in [-0.39, 0.29) is 5.92 Å². The van der Waals surface area contributed by atoms with Crippen molar-refractivity contribution in [2.45, 2.75) is 52.5 Å². The van der Waals surface area contributed by atoms with Gasteiger partial charge in [-0.2, -0.15) is 0 Å². The van der Waals surface area contributed by atoms with Crippen LogP contribution in [0.4, 0.5) is 4.79 Å². The number of likely N-dealkylation sites (N-methyl/N-ethyl adjacent to an activating group) is 1. The fourth-order valence-corrected chi connectivity index (χ4v) is 4.62. The minimum absolute atomic E-state index is 0.116. The molecule has 29 heavy (non-hydrogen) atoms. The van der Waals surface area contributed by atoms with Gasteiger partial charge in [0.1, 0.15) is 11.6 Å². The molecule has 0 spiro atoms. The number of hydrogen-bond donors (Lipinski definition) is 1. The summed E-state index contributed by atoms with van der Waals surface area (Å²) in [6, 6.07) is 1.84. The first-order chi connectivity index (χ1) is 13.8. The van der Waals surface area contributed by atoms with Gasteiger partial charge < -0.3 is 14.6 Å². The second-order valence-corrected chi connectivity index (χ2v) is 8.19. The number of rotatable bonds is 7. The largest absolute Gasteiger partial charge is 0.465 e. The molecule has 1 aromatic carbocycles. The van der Waals surface area contributed by atoms with Crippen LogP contribution in [0.2, 0.25) is 10.0 Å². The van der Waals surface area contributed by atoms with Crippen molar-refractivity contribution in [2.24, 2.45) is 0 Å². The third kappa shape index (κ3) is 4.14. The third-order valence-electron chi connectivity index (χ3n) is 5.57. The number of aromatic nitrogens is 3. The van der Waals surface area contributed by atoms with Crippen LogP contribution in [0.3, 0.4) is 0 Å². The summed E-state index contributed by atoms with van der Waals surface area (Å²) in [7, 11) is 0. The molecule has 2 aromatic rings. The smallest absolute Gasteiger partial charge is 0.407 e. The van der Waals surface area contributed by atoms with Crippen molar-refractivity contribution in [2.75, 3.05) is 13.1 Å². The molecule has 1 N–H and O–H groups in total. The average Bonchev–Trinajstić information content (AvgIpc) is 3.24. The van der Waals surface area contributed by atoms with Crippen LogP contribution in [-0.2, 0) is 25.8 Å². The molecular weight excluding hydrogens is 411 g/mol. The minimum Gasteiger partial charge on any atom is -0.465 e. The van der Waals surface area contributed by atoms with Gasteiger partial charge in [-0.15, -0.1) is 10.2 Å². The van der Waals surface area contributed by atoms with Gasteiger partial charge in [0.05, 0.1) is 10.0 Å². The molecule has 1 aromatic heterocycles. The van der Waals surface area contributed by atoms with Crippen LogP contribution in [0.25, 0.3) is 5.57 Å². The monoisotopic (exact) mass is 436 g/mol. The molecule has 1 amide bonds. The van der Waals surface area contributed by atoms with Gasteiger partial charge in [-0.1, -0.05) is 42.3 Å². The van der Waals surface area contributed by atoms with Gasteiger partial charge in [0.15, 0.2) is 0 Å². The second-order valence-electron chi connectivity index (χ2n) is 7.40. The normalized spacial score (nSPS) is 15.4. The Balaban J connectivity index is 2.04. The number of carboxylic acid groups (broad SMARTS) is 1. The third-order valence-corrected chi connectivity index (χ3v) is 6.37. The number of nitrogens with zero attached hydrogens (tertiary/aromatic N) is 4. The van der Waals surface area contributed by atoms with Crippen molar-refractivity contribution in [1.29, 1.82) is 0 Å². The van der Waals surface area contributed by atoms with Crippen LogP contribution in [-0.4, -0.2) is 44.0 Å². The summed E-state index contributed by atoms with van der Waals surface area (Å²) in [6.07, 6.45) is 1.17. The van der Waals surface area contributed by atoms with Crippen molar-refractivity contribution in [3.63, 3.8) is 0 Å². The minimum atomic E-state index is -0.925. The highest BCUT2D eigenvalue weighted by Crippen LogP contribution is 2.42. The number of fused-ring (bicyclic) bond motifs is 1. The van der Waals surface area contributed by atoms with Crippen molar-refractivity contribution in [1.82, 2.24) is 19.7 Å². The lowest BCUT2D eigenvalue weighted by Gasteiger charge is -2.24. The lowest BCUT2D eigenvalue weighted by Crippen LogP contribution is -2.31. The number of carbonyl (C=O) groups is 1. The highest BCUT2D eigenvalue weighted by molar-refractivity contribution is 6.42. The predicted molar refractivity (Wildman–Crippen MR) is 116 cm³/mol. The molecule has 0 saturated carbocycles. The molecule has 156 valence electrons. The highest BCUT2D eigenvalue weighted by atomic mass is 35.5. The zero-order valence-electron chi connectivity index (χ0n) is 17.0. The van der Waals surface area contributed by atoms with Gasteiger partial charge in [0, 0.05) is 38.4 Å². The topological polar surface area (TPSA) is 71.2 Å². The molecule has 0 aliphatic carbocycles. The van der Waals surface area contributed by atoms with E-state index in [1.807, 2.05) is 19.9 Å². The summed E-state index contributed by atoms with van der Waals surface area (Å²) < 4.78 is 2.15. The van der Waals surface area contributed by atoms with E-state index >= 15 is 0 Å². The fourth-order valence-electron chi connectivity index (χ4n) is 4.09. The lowest BCUT2D eigenvalue weighted by atomic mass is 9.86. The standard InChI is InChI=1S/C21H26Cl2N4O2/c1-5-17-24-25-18-9-13(11-27(17)18)19-14(7-8-26(6-2)21(28)29)15(12(3)4)10-16(22)20(19)23/h10,13H,3,5-9,11H2,1-2,4H3,(H,28,29). The van der Waals surface area contributed by atoms with E-state index in [4.69, 9.17) is 23.2 Å². The number of hydrogen-bond acceptors (Lipinski definition) is 3. The first-order valence-electron chi connectivity index (χ1n) is 9.83. The van der Waals surface area contributed by atoms with E-state index in [0.29, 0.717) is 29.6 Å². The molecule has 0 saturated heterocycles. The van der Waals surface area contributed by atoms with Gasteiger partial charge in [0.25, 0.3) is 0 Å². The summed E-state index contributed by atoms with van der Waals surface area (Å²) in [5, 5.41) is 19.0. The molecule has 0 fully saturated rings. The Bertz CT molecular complexity index is 955. The number of aryl methyl sites for hydroxylation is 1. The molecule has 0 radical (unpaired) electrons. The van der Waals surface area contributed by atoms with Crippen LogP contribution in [0.5, 0.6) is 0 Å². The first kappa shape index (κ1) is 21.7.